The van der Waals surface area contributed by atoms with Gasteiger partial charge >= 0.3 is 5.97 Å². The fraction of sp³-hybridized carbons (Fsp3) is 0.520. The Kier molecular flexibility index (Phi) is 11.9. The maximum atomic E-state index is 11.3. The molecule has 0 fully saturated rings. The molecule has 1 aliphatic heterocycles. The van der Waals surface area contributed by atoms with Crippen LogP contribution in [0.3, 0.4) is 0 Å². The number of carbonyl (C=O) groups is 2. The number of ether oxygens (including phenoxy) is 1. The molecule has 4 heteroatoms. The van der Waals surface area contributed by atoms with Gasteiger partial charge in [-0.25, -0.2) is 4.79 Å². The van der Waals surface area contributed by atoms with E-state index in [4.69, 9.17) is 0 Å². The van der Waals surface area contributed by atoms with Gasteiger partial charge in [-0.1, -0.05) is 41.0 Å². The maximum absolute atomic E-state index is 11.3. The van der Waals surface area contributed by atoms with Crippen molar-refractivity contribution in [2.45, 2.75) is 85.4 Å². The molecule has 1 heterocycles. The van der Waals surface area contributed by atoms with Crippen molar-refractivity contribution in [3.05, 3.63) is 58.2 Å². The first-order chi connectivity index (χ1) is 13.8. The van der Waals surface area contributed by atoms with Crippen molar-refractivity contribution in [2.24, 2.45) is 0 Å². The van der Waals surface area contributed by atoms with Crippen molar-refractivity contribution in [3.8, 4) is 0 Å². The standard InChI is InChI=1S/C25H36O4/c1-19(2)9-5-10-20(3)11-6-12-21(4)13-7-14-22(18-26)15-8-16-23-17-24(27)29-25(23)28/h9,11,13,15,17-18,25,28H,5-8,10,12,14,16H2,1-4H3/b20-11+,21-13+,22-15-/t25-/m1/s1. The number of aliphatic hydroxyl groups is 1. The number of rotatable bonds is 13. The molecule has 0 radical (unpaired) electrons. The van der Waals surface area contributed by atoms with E-state index in [1.807, 2.05) is 6.08 Å². The van der Waals surface area contributed by atoms with Crippen molar-refractivity contribution in [2.75, 3.05) is 0 Å². The lowest BCUT2D eigenvalue weighted by Crippen LogP contribution is -2.09. The Labute approximate surface area is 175 Å². The highest BCUT2D eigenvalue weighted by molar-refractivity contribution is 5.85. The molecule has 0 aromatic rings. The summed E-state index contributed by atoms with van der Waals surface area (Å²) in [5, 5.41) is 9.54. The number of aliphatic hydroxyl groups excluding tert-OH is 1. The van der Waals surface area contributed by atoms with Gasteiger partial charge in [0.1, 0.15) is 6.29 Å². The molecule has 0 spiro atoms. The summed E-state index contributed by atoms with van der Waals surface area (Å²) >= 11 is 0. The quantitative estimate of drug-likeness (QED) is 0.181. The maximum Gasteiger partial charge on any atom is 0.333 e. The van der Waals surface area contributed by atoms with Crippen LogP contribution in [0.2, 0.25) is 0 Å². The van der Waals surface area contributed by atoms with Crippen molar-refractivity contribution >= 4 is 12.3 Å². The number of hydrogen-bond donors (Lipinski definition) is 1. The zero-order valence-electron chi connectivity index (χ0n) is 18.4. The average Bonchev–Trinajstić information content (AvgIpc) is 2.97. The Morgan fingerprint density at radius 3 is 2.03 bits per heavy atom. The average molecular weight is 401 g/mol. The fourth-order valence-corrected chi connectivity index (χ4v) is 3.10. The summed E-state index contributed by atoms with van der Waals surface area (Å²) in [4.78, 5) is 22.3. The molecule has 0 aromatic heterocycles. The van der Waals surface area contributed by atoms with E-state index in [9.17, 15) is 14.7 Å². The van der Waals surface area contributed by atoms with Crippen LogP contribution in [0.4, 0.5) is 0 Å². The van der Waals surface area contributed by atoms with Gasteiger partial charge in [0, 0.05) is 11.6 Å². The highest BCUT2D eigenvalue weighted by atomic mass is 16.6. The second-order valence-electron chi connectivity index (χ2n) is 7.94. The predicted octanol–water partition coefficient (Wildman–Crippen LogP) is 5.89. The molecule has 0 bridgehead atoms. The van der Waals surface area contributed by atoms with Gasteiger partial charge in [0.05, 0.1) is 0 Å². The van der Waals surface area contributed by atoms with Gasteiger partial charge in [-0.05, 0) is 84.6 Å². The summed E-state index contributed by atoms with van der Waals surface area (Å²) in [6, 6.07) is 0. The molecule has 29 heavy (non-hydrogen) atoms. The molecule has 0 aliphatic carbocycles. The lowest BCUT2D eigenvalue weighted by Gasteiger charge is -2.06. The largest absolute Gasteiger partial charge is 0.429 e. The Balaban J connectivity index is 2.32. The van der Waals surface area contributed by atoms with Crippen LogP contribution < -0.4 is 0 Å². The van der Waals surface area contributed by atoms with Crippen LogP contribution >= 0.6 is 0 Å². The van der Waals surface area contributed by atoms with Gasteiger partial charge in [-0.15, -0.1) is 0 Å². The fourth-order valence-electron chi connectivity index (χ4n) is 3.10. The van der Waals surface area contributed by atoms with Crippen LogP contribution in [0, 0.1) is 0 Å². The molecule has 1 atom stereocenters. The van der Waals surface area contributed by atoms with Crippen LogP contribution in [0.1, 0.15) is 79.1 Å². The van der Waals surface area contributed by atoms with Gasteiger partial charge in [0.15, 0.2) is 0 Å². The molecule has 160 valence electrons. The predicted molar refractivity (Wildman–Crippen MR) is 118 cm³/mol. The molecule has 1 aliphatic rings. The number of aldehydes is 1. The molecule has 4 nitrogen and oxygen atoms in total. The monoisotopic (exact) mass is 400 g/mol. The number of hydrogen-bond acceptors (Lipinski definition) is 4. The van der Waals surface area contributed by atoms with Crippen molar-refractivity contribution < 1.29 is 19.4 Å². The van der Waals surface area contributed by atoms with Crippen LogP contribution in [0.25, 0.3) is 0 Å². The number of carbonyl (C=O) groups excluding carboxylic acids is 2. The van der Waals surface area contributed by atoms with Crippen molar-refractivity contribution in [1.82, 2.24) is 0 Å². The van der Waals surface area contributed by atoms with E-state index < -0.39 is 12.3 Å². The van der Waals surface area contributed by atoms with E-state index >= 15 is 0 Å². The third kappa shape index (κ3) is 11.4. The number of esters is 1. The number of allylic oxidation sites excluding steroid dienone is 8. The zero-order valence-corrected chi connectivity index (χ0v) is 18.4. The highest BCUT2D eigenvalue weighted by Gasteiger charge is 2.22. The molecule has 0 amide bonds. The summed E-state index contributed by atoms with van der Waals surface area (Å²) in [5.41, 5.74) is 5.48. The Hall–Kier alpha value is -2.20. The second-order valence-corrected chi connectivity index (χ2v) is 7.94. The Morgan fingerprint density at radius 1 is 0.931 bits per heavy atom. The van der Waals surface area contributed by atoms with Gasteiger partial charge in [0.2, 0.25) is 6.29 Å². The summed E-state index contributed by atoms with van der Waals surface area (Å²) in [5.74, 6) is -0.509. The highest BCUT2D eigenvalue weighted by Crippen LogP contribution is 2.19. The van der Waals surface area contributed by atoms with Gasteiger partial charge in [0.25, 0.3) is 0 Å². The van der Waals surface area contributed by atoms with Crippen LogP contribution in [-0.2, 0) is 14.3 Å². The topological polar surface area (TPSA) is 63.6 Å². The first-order valence-electron chi connectivity index (χ1n) is 10.5. The van der Waals surface area contributed by atoms with Gasteiger partial charge in [-0.3, -0.25) is 4.79 Å². The molecule has 1 rings (SSSR count). The van der Waals surface area contributed by atoms with Crippen LogP contribution in [-0.4, -0.2) is 23.7 Å². The Bertz CT molecular complexity index is 700. The van der Waals surface area contributed by atoms with E-state index in [1.54, 1.807) is 0 Å². The van der Waals surface area contributed by atoms with E-state index in [2.05, 4.69) is 50.7 Å². The summed E-state index contributed by atoms with van der Waals surface area (Å²) < 4.78 is 4.64. The minimum Gasteiger partial charge on any atom is -0.429 e. The van der Waals surface area contributed by atoms with Crippen molar-refractivity contribution in [3.63, 3.8) is 0 Å². The summed E-state index contributed by atoms with van der Waals surface area (Å²) in [6.45, 7) is 8.60. The van der Waals surface area contributed by atoms with E-state index in [-0.39, 0.29) is 0 Å². The normalized spacial score (nSPS) is 17.8. The molecule has 0 aromatic carbocycles. The lowest BCUT2D eigenvalue weighted by molar-refractivity contribution is -0.151. The SMILES string of the molecule is CC(C)=CCC/C(C)=C/CC/C(C)=C/CC/C(C=O)=C/CCC1=CC(=O)O[C@H]1O. The van der Waals surface area contributed by atoms with Gasteiger partial charge < -0.3 is 9.84 Å². The number of cyclic esters (lactones) is 1. The summed E-state index contributed by atoms with van der Waals surface area (Å²) in [6.07, 6.45) is 16.8. The smallest absolute Gasteiger partial charge is 0.333 e. The van der Waals surface area contributed by atoms with Crippen LogP contribution in [0.5, 0.6) is 0 Å². The molecule has 0 saturated carbocycles. The summed E-state index contributed by atoms with van der Waals surface area (Å²) in [7, 11) is 0. The van der Waals surface area contributed by atoms with E-state index in [1.165, 1.54) is 22.8 Å². The molecular formula is C25H36O4. The first kappa shape index (κ1) is 24.8. The Morgan fingerprint density at radius 2 is 1.52 bits per heavy atom. The van der Waals surface area contributed by atoms with E-state index in [0.29, 0.717) is 24.8 Å². The van der Waals surface area contributed by atoms with E-state index in [0.717, 1.165) is 44.0 Å². The minimum absolute atomic E-state index is 0.509. The minimum atomic E-state index is -1.13. The molecule has 0 saturated heterocycles. The van der Waals surface area contributed by atoms with Crippen LogP contribution in [0.15, 0.2) is 58.2 Å². The molecular weight excluding hydrogens is 364 g/mol. The molecule has 1 N–H and O–H groups in total. The van der Waals surface area contributed by atoms with Gasteiger partial charge in [-0.2, -0.15) is 0 Å². The van der Waals surface area contributed by atoms with Crippen molar-refractivity contribution in [1.29, 1.82) is 0 Å². The first-order valence-corrected chi connectivity index (χ1v) is 10.5. The molecule has 0 unspecified atom stereocenters. The third-order valence-corrected chi connectivity index (χ3v) is 4.89. The third-order valence-electron chi connectivity index (χ3n) is 4.89. The zero-order chi connectivity index (χ0) is 21.6. The lowest BCUT2D eigenvalue weighted by atomic mass is 10.0. The second kappa shape index (κ2) is 13.9.